The van der Waals surface area contributed by atoms with E-state index in [0.717, 1.165) is 6.54 Å². The van der Waals surface area contributed by atoms with Crippen molar-refractivity contribution in [1.29, 1.82) is 0 Å². The number of nitrogens with zero attached hydrogens (tertiary/aromatic N) is 1. The van der Waals surface area contributed by atoms with Crippen LogP contribution in [0.15, 0.2) is 12.1 Å². The van der Waals surface area contributed by atoms with Crippen LogP contribution in [-0.4, -0.2) is 31.1 Å². The molecule has 0 spiro atoms. The lowest BCUT2D eigenvalue weighted by Crippen LogP contribution is -2.43. The summed E-state index contributed by atoms with van der Waals surface area (Å²) in [4.78, 5) is 5.49. The van der Waals surface area contributed by atoms with E-state index in [1.165, 1.54) is 35.7 Å². The monoisotopic (exact) mass is 260 g/mol. The quantitative estimate of drug-likeness (QED) is 0.899. The fraction of sp³-hybridized carbons (Fsp3) is 0.667. The number of halogens is 1. The van der Waals surface area contributed by atoms with Crippen molar-refractivity contribution < 1.29 is 0 Å². The fourth-order valence-electron chi connectivity index (χ4n) is 2.23. The minimum Gasteiger partial charge on any atom is -0.316 e. The highest BCUT2D eigenvalue weighted by molar-refractivity contribution is 7.11. The van der Waals surface area contributed by atoms with Crippen LogP contribution in [0.25, 0.3) is 0 Å². The van der Waals surface area contributed by atoms with Crippen LogP contribution < -0.4 is 5.32 Å². The highest BCUT2D eigenvalue weighted by atomic mass is 35.5. The average Bonchev–Trinajstić information content (AvgIpc) is 2.64. The molecule has 0 aliphatic carbocycles. The van der Waals surface area contributed by atoms with E-state index in [4.69, 9.17) is 0 Å². The summed E-state index contributed by atoms with van der Waals surface area (Å²) in [7, 11) is 2.07. The Morgan fingerprint density at radius 3 is 2.94 bits per heavy atom. The number of likely N-dealkylation sites (tertiary alicyclic amines) is 1. The molecule has 0 aromatic carbocycles. The van der Waals surface area contributed by atoms with Gasteiger partial charge in [-0.15, -0.1) is 23.7 Å². The van der Waals surface area contributed by atoms with Crippen LogP contribution >= 0.6 is 23.7 Å². The molecule has 2 rings (SSSR count). The Bertz CT molecular complexity index is 314. The number of aryl methyl sites for hydroxylation is 1. The third-order valence-corrected chi connectivity index (χ3v) is 4.07. The van der Waals surface area contributed by atoms with Crippen LogP contribution in [0.2, 0.25) is 0 Å². The van der Waals surface area contributed by atoms with Crippen molar-refractivity contribution in [3.8, 4) is 0 Å². The van der Waals surface area contributed by atoms with Gasteiger partial charge in [0.05, 0.1) is 0 Å². The molecule has 0 bridgehead atoms. The highest BCUT2D eigenvalue weighted by Gasteiger charge is 2.18. The van der Waals surface area contributed by atoms with E-state index in [-0.39, 0.29) is 12.4 Å². The molecular weight excluding hydrogens is 240 g/mol. The van der Waals surface area contributed by atoms with Crippen molar-refractivity contribution >= 4 is 23.7 Å². The molecule has 1 N–H and O–H groups in total. The molecule has 4 heteroatoms. The Morgan fingerprint density at radius 2 is 2.31 bits per heavy atom. The first-order chi connectivity index (χ1) is 7.28. The van der Waals surface area contributed by atoms with Gasteiger partial charge in [0.25, 0.3) is 0 Å². The molecule has 2 heterocycles. The SMILES string of the molecule is CNC1CCCN(Cc2ccc(C)s2)C1.Cl. The molecule has 0 radical (unpaired) electrons. The first kappa shape index (κ1) is 14.0. The topological polar surface area (TPSA) is 15.3 Å². The lowest BCUT2D eigenvalue weighted by Gasteiger charge is -2.32. The van der Waals surface area contributed by atoms with Gasteiger partial charge in [0.15, 0.2) is 0 Å². The van der Waals surface area contributed by atoms with Gasteiger partial charge in [0, 0.05) is 28.9 Å². The van der Waals surface area contributed by atoms with Crippen LogP contribution in [-0.2, 0) is 6.54 Å². The zero-order valence-electron chi connectivity index (χ0n) is 10.0. The molecule has 1 aromatic heterocycles. The van der Waals surface area contributed by atoms with Crippen LogP contribution in [0.3, 0.4) is 0 Å². The summed E-state index contributed by atoms with van der Waals surface area (Å²) in [6.07, 6.45) is 2.66. The summed E-state index contributed by atoms with van der Waals surface area (Å²) in [6, 6.07) is 5.18. The van der Waals surface area contributed by atoms with Gasteiger partial charge < -0.3 is 5.32 Å². The number of hydrogen-bond donors (Lipinski definition) is 1. The minimum atomic E-state index is 0. The number of hydrogen-bond acceptors (Lipinski definition) is 3. The predicted molar refractivity (Wildman–Crippen MR) is 73.7 cm³/mol. The van der Waals surface area contributed by atoms with Gasteiger partial charge in [-0.2, -0.15) is 0 Å². The van der Waals surface area contributed by atoms with Crippen molar-refractivity contribution in [3.63, 3.8) is 0 Å². The normalized spacial score (nSPS) is 21.8. The second-order valence-electron chi connectivity index (χ2n) is 4.38. The summed E-state index contributed by atoms with van der Waals surface area (Å²) < 4.78 is 0. The highest BCUT2D eigenvalue weighted by Crippen LogP contribution is 2.19. The third kappa shape index (κ3) is 3.74. The molecular formula is C12H21ClN2S. The summed E-state index contributed by atoms with van der Waals surface area (Å²) in [5, 5.41) is 3.39. The maximum absolute atomic E-state index is 3.39. The number of thiophene rings is 1. The lowest BCUT2D eigenvalue weighted by molar-refractivity contribution is 0.189. The second-order valence-corrected chi connectivity index (χ2v) is 5.75. The van der Waals surface area contributed by atoms with Crippen molar-refractivity contribution in [1.82, 2.24) is 10.2 Å². The first-order valence-corrected chi connectivity index (χ1v) is 6.54. The number of rotatable bonds is 3. The van der Waals surface area contributed by atoms with Crippen LogP contribution in [0.4, 0.5) is 0 Å². The minimum absolute atomic E-state index is 0. The number of nitrogens with one attached hydrogen (secondary N) is 1. The van der Waals surface area contributed by atoms with Crippen molar-refractivity contribution in [2.45, 2.75) is 32.4 Å². The van der Waals surface area contributed by atoms with E-state index in [0.29, 0.717) is 6.04 Å². The Morgan fingerprint density at radius 1 is 1.50 bits per heavy atom. The maximum Gasteiger partial charge on any atom is 0.0328 e. The van der Waals surface area contributed by atoms with E-state index >= 15 is 0 Å². The molecule has 1 atom stereocenters. The molecule has 0 saturated carbocycles. The molecule has 1 aliphatic heterocycles. The Labute approximate surface area is 108 Å². The summed E-state index contributed by atoms with van der Waals surface area (Å²) in [5.41, 5.74) is 0. The van der Waals surface area contributed by atoms with Crippen LogP contribution in [0.1, 0.15) is 22.6 Å². The molecule has 1 unspecified atom stereocenters. The van der Waals surface area contributed by atoms with Gasteiger partial charge in [0.2, 0.25) is 0 Å². The second kappa shape index (κ2) is 6.60. The van der Waals surface area contributed by atoms with Gasteiger partial charge in [0.1, 0.15) is 0 Å². The van der Waals surface area contributed by atoms with E-state index in [1.807, 2.05) is 11.3 Å². The maximum atomic E-state index is 3.39. The van der Waals surface area contributed by atoms with Gasteiger partial charge in [-0.1, -0.05) is 0 Å². The van der Waals surface area contributed by atoms with Gasteiger partial charge in [-0.05, 0) is 45.5 Å². The van der Waals surface area contributed by atoms with Gasteiger partial charge >= 0.3 is 0 Å². The average molecular weight is 261 g/mol. The van der Waals surface area contributed by atoms with E-state index in [9.17, 15) is 0 Å². The van der Waals surface area contributed by atoms with Crippen molar-refractivity contribution in [3.05, 3.63) is 21.9 Å². The Hall–Kier alpha value is -0.0900. The third-order valence-electron chi connectivity index (χ3n) is 3.09. The van der Waals surface area contributed by atoms with Crippen molar-refractivity contribution in [2.24, 2.45) is 0 Å². The Kier molecular flexibility index (Phi) is 5.76. The zero-order chi connectivity index (χ0) is 10.7. The van der Waals surface area contributed by atoms with E-state index < -0.39 is 0 Å². The van der Waals surface area contributed by atoms with Crippen LogP contribution in [0.5, 0.6) is 0 Å². The Balaban J connectivity index is 0.00000128. The standard InChI is InChI=1S/C12H20N2S.ClH/c1-10-5-6-12(15-10)9-14-7-3-4-11(8-14)13-2;/h5-6,11,13H,3-4,7-9H2,1-2H3;1H. The zero-order valence-corrected chi connectivity index (χ0v) is 11.7. The number of piperidine rings is 1. The van der Waals surface area contributed by atoms with Gasteiger partial charge in [-0.3, -0.25) is 4.90 Å². The summed E-state index contributed by atoms with van der Waals surface area (Å²) in [5.74, 6) is 0. The van der Waals surface area contributed by atoms with Gasteiger partial charge in [-0.25, -0.2) is 0 Å². The molecule has 1 fully saturated rings. The fourth-order valence-corrected chi connectivity index (χ4v) is 3.16. The largest absolute Gasteiger partial charge is 0.316 e. The molecule has 1 saturated heterocycles. The summed E-state index contributed by atoms with van der Waals surface area (Å²) >= 11 is 1.93. The number of likely N-dealkylation sites (N-methyl/N-ethyl adjacent to an activating group) is 1. The molecule has 16 heavy (non-hydrogen) atoms. The van der Waals surface area contributed by atoms with E-state index in [2.05, 4.69) is 36.3 Å². The molecule has 92 valence electrons. The van der Waals surface area contributed by atoms with Crippen LogP contribution in [0, 0.1) is 6.92 Å². The molecule has 1 aliphatic rings. The predicted octanol–water partition coefficient (Wildman–Crippen LogP) is 2.66. The molecule has 1 aromatic rings. The smallest absolute Gasteiger partial charge is 0.0328 e. The van der Waals surface area contributed by atoms with Crippen molar-refractivity contribution in [2.75, 3.05) is 20.1 Å². The van der Waals surface area contributed by atoms with E-state index in [1.54, 1.807) is 0 Å². The summed E-state index contributed by atoms with van der Waals surface area (Å²) in [6.45, 7) is 5.78. The lowest BCUT2D eigenvalue weighted by atomic mass is 10.1. The first-order valence-electron chi connectivity index (χ1n) is 5.73. The molecule has 0 amide bonds. The molecule has 2 nitrogen and oxygen atoms in total.